The lowest BCUT2D eigenvalue weighted by molar-refractivity contribution is 0.0435. The monoisotopic (exact) mass is 342 g/mol. The van der Waals surface area contributed by atoms with Crippen LogP contribution >= 0.6 is 11.6 Å². The van der Waals surface area contributed by atoms with Crippen LogP contribution in [0.4, 0.5) is 0 Å². The van der Waals surface area contributed by atoms with Gasteiger partial charge >= 0.3 is 5.97 Å². The highest BCUT2D eigenvalue weighted by Gasteiger charge is 2.30. The normalized spacial score (nSPS) is 17.0. The van der Waals surface area contributed by atoms with Crippen molar-refractivity contribution in [1.29, 1.82) is 5.26 Å². The van der Waals surface area contributed by atoms with Gasteiger partial charge in [-0.1, -0.05) is 11.6 Å². The second-order valence-corrected chi connectivity index (χ2v) is 7.25. The second kappa shape index (κ2) is 6.65. The Morgan fingerprint density at radius 2 is 2.05 bits per heavy atom. The SMILES string of the molecule is C[C@@H](C#N)OC(=O)c1ccc(Cl)c(S(=O)(=O)N2CCCC2)c1. The lowest BCUT2D eigenvalue weighted by Crippen LogP contribution is -2.28. The summed E-state index contributed by atoms with van der Waals surface area (Å²) in [6.07, 6.45) is 0.693. The Balaban J connectivity index is 2.35. The first-order chi connectivity index (χ1) is 10.4. The van der Waals surface area contributed by atoms with Gasteiger partial charge in [0, 0.05) is 13.1 Å². The van der Waals surface area contributed by atoms with E-state index in [9.17, 15) is 13.2 Å². The number of sulfonamides is 1. The number of nitrogens with zero attached hydrogens (tertiary/aromatic N) is 2. The highest BCUT2D eigenvalue weighted by atomic mass is 35.5. The minimum atomic E-state index is -3.73. The largest absolute Gasteiger partial charge is 0.444 e. The Hall–Kier alpha value is -1.62. The van der Waals surface area contributed by atoms with E-state index < -0.39 is 22.1 Å². The molecule has 0 amide bonds. The van der Waals surface area contributed by atoms with Gasteiger partial charge in [-0.3, -0.25) is 0 Å². The molecular formula is C14H15ClN2O4S. The highest BCUT2D eigenvalue weighted by molar-refractivity contribution is 7.89. The second-order valence-electron chi connectivity index (χ2n) is 4.93. The molecular weight excluding hydrogens is 328 g/mol. The molecule has 0 bridgehead atoms. The molecule has 0 aromatic heterocycles. The van der Waals surface area contributed by atoms with Gasteiger partial charge in [0.1, 0.15) is 11.0 Å². The maximum absolute atomic E-state index is 12.5. The number of halogens is 1. The molecule has 1 saturated heterocycles. The lowest BCUT2D eigenvalue weighted by atomic mass is 10.2. The Morgan fingerprint density at radius 1 is 1.41 bits per heavy atom. The van der Waals surface area contributed by atoms with E-state index in [4.69, 9.17) is 21.6 Å². The number of hydrogen-bond donors (Lipinski definition) is 0. The number of carbonyl (C=O) groups is 1. The van der Waals surface area contributed by atoms with Crippen LogP contribution < -0.4 is 0 Å². The highest BCUT2D eigenvalue weighted by Crippen LogP contribution is 2.28. The third kappa shape index (κ3) is 3.40. The van der Waals surface area contributed by atoms with Gasteiger partial charge in [0.2, 0.25) is 10.0 Å². The Bertz CT molecular complexity index is 721. The number of esters is 1. The standard InChI is InChI=1S/C14H15ClN2O4S/c1-10(9-16)21-14(18)11-4-5-12(15)13(8-11)22(19,20)17-6-2-3-7-17/h4-5,8,10H,2-3,6-7H2,1H3/t10-/m0/s1. The number of nitriles is 1. The third-order valence-corrected chi connectivity index (χ3v) is 5.70. The number of carbonyl (C=O) groups excluding carboxylic acids is 1. The van der Waals surface area contributed by atoms with Crippen LogP contribution in [0.25, 0.3) is 0 Å². The molecule has 1 aliphatic heterocycles. The molecule has 1 heterocycles. The molecule has 22 heavy (non-hydrogen) atoms. The molecule has 0 saturated carbocycles. The van der Waals surface area contributed by atoms with E-state index in [0.717, 1.165) is 12.8 Å². The maximum Gasteiger partial charge on any atom is 0.339 e. The number of ether oxygens (including phenoxy) is 1. The first-order valence-electron chi connectivity index (χ1n) is 6.76. The molecule has 8 heteroatoms. The van der Waals surface area contributed by atoms with Crippen LogP contribution in [-0.2, 0) is 14.8 Å². The zero-order valence-electron chi connectivity index (χ0n) is 12.0. The van der Waals surface area contributed by atoms with Crippen molar-refractivity contribution in [3.63, 3.8) is 0 Å². The van der Waals surface area contributed by atoms with E-state index >= 15 is 0 Å². The molecule has 2 rings (SSSR count). The van der Waals surface area contributed by atoms with Gasteiger partial charge in [0.05, 0.1) is 10.6 Å². The van der Waals surface area contributed by atoms with Crippen LogP contribution in [0.1, 0.15) is 30.1 Å². The van der Waals surface area contributed by atoms with Crippen LogP contribution in [0.3, 0.4) is 0 Å². The zero-order valence-corrected chi connectivity index (χ0v) is 13.5. The van der Waals surface area contributed by atoms with E-state index in [1.165, 1.54) is 29.4 Å². The quantitative estimate of drug-likeness (QED) is 0.783. The number of rotatable bonds is 4. The topological polar surface area (TPSA) is 87.5 Å². The maximum atomic E-state index is 12.5. The first kappa shape index (κ1) is 16.7. The van der Waals surface area contributed by atoms with Crippen LogP contribution in [0.15, 0.2) is 23.1 Å². The predicted molar refractivity (Wildman–Crippen MR) is 79.9 cm³/mol. The van der Waals surface area contributed by atoms with Crippen molar-refractivity contribution < 1.29 is 17.9 Å². The van der Waals surface area contributed by atoms with Crippen molar-refractivity contribution in [2.45, 2.75) is 30.8 Å². The van der Waals surface area contributed by atoms with Crippen molar-refractivity contribution in [3.8, 4) is 6.07 Å². The number of hydrogen-bond acceptors (Lipinski definition) is 5. The Morgan fingerprint density at radius 3 is 2.64 bits per heavy atom. The summed E-state index contributed by atoms with van der Waals surface area (Å²) >= 11 is 5.99. The Labute approximate surface area is 134 Å². The van der Waals surface area contributed by atoms with E-state index in [0.29, 0.717) is 13.1 Å². The molecule has 1 aromatic carbocycles. The van der Waals surface area contributed by atoms with Crippen LogP contribution in [0, 0.1) is 11.3 Å². The summed E-state index contributed by atoms with van der Waals surface area (Å²) in [5.41, 5.74) is 0.0456. The van der Waals surface area contributed by atoms with Crippen LogP contribution in [-0.4, -0.2) is 37.9 Å². The Kier molecular flexibility index (Phi) is 5.06. The van der Waals surface area contributed by atoms with Gasteiger partial charge in [-0.25, -0.2) is 13.2 Å². The average molecular weight is 343 g/mol. The van der Waals surface area contributed by atoms with Gasteiger partial charge in [-0.2, -0.15) is 9.57 Å². The molecule has 1 fully saturated rings. The molecule has 0 unspecified atom stereocenters. The van der Waals surface area contributed by atoms with E-state index in [1.807, 2.05) is 0 Å². The first-order valence-corrected chi connectivity index (χ1v) is 8.58. The third-order valence-electron chi connectivity index (χ3n) is 3.32. The molecule has 1 atom stereocenters. The lowest BCUT2D eigenvalue weighted by Gasteiger charge is -2.17. The van der Waals surface area contributed by atoms with Gasteiger partial charge < -0.3 is 4.74 Å². The van der Waals surface area contributed by atoms with Crippen molar-refractivity contribution in [2.24, 2.45) is 0 Å². The van der Waals surface area contributed by atoms with Gasteiger partial charge in [-0.15, -0.1) is 0 Å². The minimum Gasteiger partial charge on any atom is -0.444 e. The molecule has 1 aromatic rings. The van der Waals surface area contributed by atoms with Crippen LogP contribution in [0.2, 0.25) is 5.02 Å². The minimum absolute atomic E-state index is 0.0456. The summed E-state index contributed by atoms with van der Waals surface area (Å²) in [5.74, 6) is -0.761. The van der Waals surface area contributed by atoms with Crippen molar-refractivity contribution in [3.05, 3.63) is 28.8 Å². The molecule has 0 radical (unpaired) electrons. The van der Waals surface area contributed by atoms with Crippen molar-refractivity contribution in [2.75, 3.05) is 13.1 Å². The van der Waals surface area contributed by atoms with Crippen molar-refractivity contribution in [1.82, 2.24) is 4.31 Å². The molecule has 0 spiro atoms. The average Bonchev–Trinajstić information content (AvgIpc) is 3.02. The zero-order chi connectivity index (χ0) is 16.3. The number of benzene rings is 1. The van der Waals surface area contributed by atoms with E-state index in [2.05, 4.69) is 0 Å². The fourth-order valence-corrected chi connectivity index (χ4v) is 4.17. The van der Waals surface area contributed by atoms with Gasteiger partial charge in [-0.05, 0) is 38.0 Å². The smallest absolute Gasteiger partial charge is 0.339 e. The van der Waals surface area contributed by atoms with E-state index in [-0.39, 0.29) is 15.5 Å². The molecule has 0 N–H and O–H groups in total. The summed E-state index contributed by atoms with van der Waals surface area (Å²) in [5, 5.41) is 8.70. The summed E-state index contributed by atoms with van der Waals surface area (Å²) in [6, 6.07) is 5.69. The summed E-state index contributed by atoms with van der Waals surface area (Å²) < 4.78 is 31.3. The van der Waals surface area contributed by atoms with Crippen LogP contribution in [0.5, 0.6) is 0 Å². The summed E-state index contributed by atoms with van der Waals surface area (Å²) in [7, 11) is -3.73. The predicted octanol–water partition coefficient (Wildman–Crippen LogP) is 2.19. The molecule has 1 aliphatic rings. The fraction of sp³-hybridized carbons (Fsp3) is 0.429. The fourth-order valence-electron chi connectivity index (χ4n) is 2.15. The molecule has 118 valence electrons. The molecule has 6 nitrogen and oxygen atoms in total. The summed E-state index contributed by atoms with van der Waals surface area (Å²) in [6.45, 7) is 2.31. The van der Waals surface area contributed by atoms with Crippen molar-refractivity contribution >= 4 is 27.6 Å². The molecule has 0 aliphatic carbocycles. The van der Waals surface area contributed by atoms with Gasteiger partial charge in [0.25, 0.3) is 0 Å². The van der Waals surface area contributed by atoms with E-state index in [1.54, 1.807) is 6.07 Å². The van der Waals surface area contributed by atoms with Gasteiger partial charge in [0.15, 0.2) is 6.10 Å². The summed E-state index contributed by atoms with van der Waals surface area (Å²) in [4.78, 5) is 11.8.